The first-order valence-electron chi connectivity index (χ1n) is 4.78. The summed E-state index contributed by atoms with van der Waals surface area (Å²) in [6.45, 7) is 9.17. The normalized spacial score (nSPS) is 12.2. The van der Waals surface area contributed by atoms with Crippen molar-refractivity contribution in [3.63, 3.8) is 0 Å². The van der Waals surface area contributed by atoms with Gasteiger partial charge in [-0.15, -0.1) is 0 Å². The molecule has 0 N–H and O–H groups in total. The largest absolute Gasteiger partial charge is 0.334 e. The second-order valence-electron chi connectivity index (χ2n) is 4.07. The number of Topliss-reactive ketones (excluding diaryl/α,β-unsaturated/α-hetero) is 2. The van der Waals surface area contributed by atoms with E-state index in [4.69, 9.17) is 0 Å². The predicted molar refractivity (Wildman–Crippen MR) is 53.2 cm³/mol. The smallest absolute Gasteiger partial charge is 0.111 e. The standard InChI is InChI=1S/C11H19O2.U/c1-7(2)10(12)6-9(5)11(13)8(3)4;/h6-9H,1-5H3;/q-1;. The topological polar surface area (TPSA) is 34.1 Å². The fourth-order valence-electron chi connectivity index (χ4n) is 1.05. The van der Waals surface area contributed by atoms with Crippen LogP contribution in [0.5, 0.6) is 0 Å². The molecule has 0 saturated carbocycles. The molecular formula is C11H19O2U-. The molecule has 0 aliphatic carbocycles. The van der Waals surface area contributed by atoms with Gasteiger partial charge >= 0.3 is 0 Å². The van der Waals surface area contributed by atoms with Crippen molar-refractivity contribution in [3.8, 4) is 0 Å². The van der Waals surface area contributed by atoms with Gasteiger partial charge < -0.3 is 16.0 Å². The van der Waals surface area contributed by atoms with Crippen LogP contribution < -0.4 is 0 Å². The molecule has 80 valence electrons. The van der Waals surface area contributed by atoms with E-state index in [2.05, 4.69) is 0 Å². The maximum Gasteiger partial charge on any atom is 0.111 e. The SMILES string of the molecule is CC(C)C(=O)[CH-]C(C)C(=O)C(C)C.[U]. The molecule has 0 heterocycles. The Kier molecular flexibility index (Phi) is 8.99. The van der Waals surface area contributed by atoms with Crippen LogP contribution in [0.2, 0.25) is 0 Å². The summed E-state index contributed by atoms with van der Waals surface area (Å²) in [5.74, 6) is -0.0565. The van der Waals surface area contributed by atoms with Gasteiger partial charge in [0.2, 0.25) is 0 Å². The summed E-state index contributed by atoms with van der Waals surface area (Å²) < 4.78 is 0. The van der Waals surface area contributed by atoms with E-state index in [-0.39, 0.29) is 60.4 Å². The third-order valence-electron chi connectivity index (χ3n) is 2.00. The Hall–Kier alpha value is 0.262. The molecular weight excluding hydrogens is 402 g/mol. The van der Waals surface area contributed by atoms with Gasteiger partial charge in [0, 0.05) is 42.8 Å². The number of hydrogen-bond acceptors (Lipinski definition) is 2. The summed E-state index contributed by atoms with van der Waals surface area (Å²) >= 11 is 0. The molecule has 0 aliphatic heterocycles. The molecule has 0 radical (unpaired) electrons. The molecule has 0 aromatic carbocycles. The van der Waals surface area contributed by atoms with Gasteiger partial charge in [0.25, 0.3) is 0 Å². The zero-order chi connectivity index (χ0) is 10.6. The van der Waals surface area contributed by atoms with E-state index < -0.39 is 0 Å². The van der Waals surface area contributed by atoms with E-state index >= 15 is 0 Å². The van der Waals surface area contributed by atoms with Crippen molar-refractivity contribution in [1.29, 1.82) is 0 Å². The van der Waals surface area contributed by atoms with Crippen molar-refractivity contribution in [2.75, 3.05) is 0 Å². The first kappa shape index (κ1) is 16.7. The summed E-state index contributed by atoms with van der Waals surface area (Å²) in [6.07, 6.45) is 1.53. The Labute approximate surface area is 111 Å². The fourth-order valence-corrected chi connectivity index (χ4v) is 1.05. The van der Waals surface area contributed by atoms with Crippen molar-refractivity contribution in [2.45, 2.75) is 34.6 Å². The Morgan fingerprint density at radius 2 is 1.36 bits per heavy atom. The number of carbonyl (C=O) groups is 2. The molecule has 0 aromatic heterocycles. The van der Waals surface area contributed by atoms with Gasteiger partial charge in [-0.1, -0.05) is 40.5 Å². The number of hydrogen-bond donors (Lipinski definition) is 0. The van der Waals surface area contributed by atoms with Crippen molar-refractivity contribution in [3.05, 3.63) is 6.42 Å². The molecule has 3 heteroatoms. The van der Waals surface area contributed by atoms with Gasteiger partial charge in [-0.05, 0) is 5.92 Å². The second-order valence-corrected chi connectivity index (χ2v) is 4.07. The molecule has 1 atom stereocenters. The third-order valence-corrected chi connectivity index (χ3v) is 2.00. The maximum absolute atomic E-state index is 11.4. The number of rotatable bonds is 5. The number of carbonyl (C=O) groups excluding carboxylic acids is 2. The Bertz CT molecular complexity index is 197. The fraction of sp³-hybridized carbons (Fsp3) is 0.727. The van der Waals surface area contributed by atoms with Gasteiger partial charge in [-0.2, -0.15) is 0 Å². The molecule has 2 nitrogen and oxygen atoms in total. The zero-order valence-corrected chi connectivity index (χ0v) is 13.8. The minimum atomic E-state index is -0.241. The average Bonchev–Trinajstić information content (AvgIpc) is 2.02. The van der Waals surface area contributed by atoms with E-state index in [0.29, 0.717) is 0 Å². The van der Waals surface area contributed by atoms with Crippen molar-refractivity contribution in [1.82, 2.24) is 0 Å². The predicted octanol–water partition coefficient (Wildman–Crippen LogP) is 2.28. The summed E-state index contributed by atoms with van der Waals surface area (Å²) in [5.41, 5.74) is 0. The zero-order valence-electron chi connectivity index (χ0n) is 9.63. The molecule has 0 spiro atoms. The Morgan fingerprint density at radius 1 is 0.929 bits per heavy atom. The van der Waals surface area contributed by atoms with Crippen LogP contribution >= 0.6 is 0 Å². The van der Waals surface area contributed by atoms with Crippen molar-refractivity contribution >= 4 is 11.6 Å². The van der Waals surface area contributed by atoms with Crippen LogP contribution in [-0.4, -0.2) is 11.6 Å². The van der Waals surface area contributed by atoms with E-state index in [1.807, 2.05) is 27.7 Å². The van der Waals surface area contributed by atoms with Crippen molar-refractivity contribution in [2.24, 2.45) is 17.8 Å². The molecule has 0 saturated heterocycles. The van der Waals surface area contributed by atoms with Crippen LogP contribution in [-0.2, 0) is 9.59 Å². The average molecular weight is 421 g/mol. The van der Waals surface area contributed by atoms with E-state index in [0.717, 1.165) is 0 Å². The second kappa shape index (κ2) is 7.54. The van der Waals surface area contributed by atoms with E-state index in [1.165, 1.54) is 6.42 Å². The van der Waals surface area contributed by atoms with Crippen molar-refractivity contribution < 1.29 is 40.7 Å². The van der Waals surface area contributed by atoms with Crippen LogP contribution in [0.4, 0.5) is 0 Å². The van der Waals surface area contributed by atoms with Gasteiger partial charge in [0.1, 0.15) is 5.78 Å². The van der Waals surface area contributed by atoms with Gasteiger partial charge in [0.05, 0.1) is 0 Å². The minimum Gasteiger partial charge on any atom is -0.334 e. The molecule has 0 aromatic rings. The first-order valence-corrected chi connectivity index (χ1v) is 4.78. The summed E-state index contributed by atoms with van der Waals surface area (Å²) in [5, 5.41) is 0. The molecule has 0 aliphatic rings. The molecule has 0 bridgehead atoms. The molecule has 0 fully saturated rings. The monoisotopic (exact) mass is 421 g/mol. The van der Waals surface area contributed by atoms with Crippen LogP contribution in [0, 0.1) is 55.3 Å². The molecule has 0 rings (SSSR count). The first-order chi connectivity index (χ1) is 5.86. The molecule has 0 amide bonds. The van der Waals surface area contributed by atoms with Gasteiger partial charge in [-0.3, -0.25) is 0 Å². The van der Waals surface area contributed by atoms with Crippen LogP contribution in [0.25, 0.3) is 0 Å². The summed E-state index contributed by atoms with van der Waals surface area (Å²) in [6, 6.07) is 0. The summed E-state index contributed by atoms with van der Waals surface area (Å²) in [4.78, 5) is 22.7. The van der Waals surface area contributed by atoms with Crippen LogP contribution in [0.3, 0.4) is 0 Å². The molecule has 1 unspecified atom stereocenters. The van der Waals surface area contributed by atoms with Gasteiger partial charge in [-0.25, -0.2) is 0 Å². The van der Waals surface area contributed by atoms with E-state index in [9.17, 15) is 9.59 Å². The molecule has 14 heavy (non-hydrogen) atoms. The maximum atomic E-state index is 11.4. The summed E-state index contributed by atoms with van der Waals surface area (Å²) in [7, 11) is 0. The third kappa shape index (κ3) is 5.88. The Balaban J connectivity index is 0. The number of ketones is 2. The Morgan fingerprint density at radius 3 is 1.64 bits per heavy atom. The van der Waals surface area contributed by atoms with E-state index in [1.54, 1.807) is 6.92 Å². The minimum absolute atomic E-state index is 0. The van der Waals surface area contributed by atoms with Crippen LogP contribution in [0.1, 0.15) is 34.6 Å². The quantitative estimate of drug-likeness (QED) is 0.639. The van der Waals surface area contributed by atoms with Crippen LogP contribution in [0.15, 0.2) is 0 Å². The van der Waals surface area contributed by atoms with Gasteiger partial charge in [0.15, 0.2) is 0 Å².